The molecule has 2 aromatic rings. The molecule has 0 amide bonds. The molecule has 21 heavy (non-hydrogen) atoms. The highest BCUT2D eigenvalue weighted by Gasteiger charge is 2.22. The lowest BCUT2D eigenvalue weighted by molar-refractivity contribution is 0.0328. The fourth-order valence-corrected chi connectivity index (χ4v) is 2.64. The van der Waals surface area contributed by atoms with Crippen LogP contribution in [0.5, 0.6) is 0 Å². The lowest BCUT2D eigenvalue weighted by atomic mass is 9.98. The van der Waals surface area contributed by atoms with Gasteiger partial charge in [-0.25, -0.2) is 4.98 Å². The third-order valence-corrected chi connectivity index (χ3v) is 3.81. The summed E-state index contributed by atoms with van der Waals surface area (Å²) in [5, 5.41) is 3.41. The molecule has 114 valence electrons. The first-order valence-electron chi connectivity index (χ1n) is 7.56. The zero-order valence-corrected chi connectivity index (χ0v) is 13.1. The largest absolute Gasteiger partial charge is 0.372 e. The first-order valence-corrected chi connectivity index (χ1v) is 7.56. The molecule has 2 atom stereocenters. The van der Waals surface area contributed by atoms with E-state index in [4.69, 9.17) is 4.74 Å². The Morgan fingerprint density at radius 3 is 2.62 bits per heavy atom. The zero-order valence-electron chi connectivity index (χ0n) is 13.1. The van der Waals surface area contributed by atoms with E-state index < -0.39 is 0 Å². The molecule has 0 bridgehead atoms. The highest BCUT2D eigenvalue weighted by atomic mass is 16.5. The molecule has 4 nitrogen and oxygen atoms in total. The van der Waals surface area contributed by atoms with E-state index in [-0.39, 0.29) is 12.1 Å². The quantitative estimate of drug-likeness (QED) is 0.811. The highest BCUT2D eigenvalue weighted by Crippen LogP contribution is 2.24. The Kier molecular flexibility index (Phi) is 5.96. The summed E-state index contributed by atoms with van der Waals surface area (Å²) in [7, 11) is 4.03. The van der Waals surface area contributed by atoms with E-state index in [9.17, 15) is 0 Å². The Bertz CT molecular complexity index is 524. The van der Waals surface area contributed by atoms with Crippen molar-refractivity contribution in [2.75, 3.05) is 13.7 Å². The van der Waals surface area contributed by atoms with Gasteiger partial charge in [0.25, 0.3) is 0 Å². The van der Waals surface area contributed by atoms with Crippen molar-refractivity contribution in [3.8, 4) is 0 Å². The number of benzene rings is 1. The summed E-state index contributed by atoms with van der Waals surface area (Å²) >= 11 is 0. The van der Waals surface area contributed by atoms with Gasteiger partial charge in [0.05, 0.1) is 6.10 Å². The van der Waals surface area contributed by atoms with Crippen LogP contribution < -0.4 is 5.32 Å². The van der Waals surface area contributed by atoms with Crippen molar-refractivity contribution in [3.63, 3.8) is 0 Å². The van der Waals surface area contributed by atoms with Crippen molar-refractivity contribution in [2.45, 2.75) is 31.9 Å². The maximum atomic E-state index is 5.99. The number of likely N-dealkylation sites (N-methyl/N-ethyl adjacent to an activating group) is 1. The lowest BCUT2D eigenvalue weighted by Gasteiger charge is -2.27. The number of imidazole rings is 1. The first kappa shape index (κ1) is 15.7. The Morgan fingerprint density at radius 2 is 2.05 bits per heavy atom. The molecule has 1 aromatic carbocycles. The Morgan fingerprint density at radius 1 is 1.29 bits per heavy atom. The summed E-state index contributed by atoms with van der Waals surface area (Å²) in [6, 6.07) is 10.7. The molecule has 0 saturated heterocycles. The first-order chi connectivity index (χ1) is 10.3. The normalized spacial score (nSPS) is 14.0. The molecule has 0 radical (unpaired) electrons. The molecule has 0 aliphatic rings. The van der Waals surface area contributed by atoms with Gasteiger partial charge in [0.1, 0.15) is 5.82 Å². The van der Waals surface area contributed by atoms with Crippen LogP contribution in [0, 0.1) is 0 Å². The second-order valence-corrected chi connectivity index (χ2v) is 5.17. The predicted molar refractivity (Wildman–Crippen MR) is 85.2 cm³/mol. The van der Waals surface area contributed by atoms with Gasteiger partial charge in [0, 0.05) is 38.5 Å². The monoisotopic (exact) mass is 287 g/mol. The molecule has 0 fully saturated rings. The van der Waals surface area contributed by atoms with Crippen molar-refractivity contribution in [1.29, 1.82) is 0 Å². The standard InChI is InChI=1S/C17H25N3O/c1-4-21-17(14-8-6-5-7-9-14)15(18-2)10-11-16-19-12-13-20(16)3/h5-9,12-13,15,17-18H,4,10-11H2,1-3H3. The van der Waals surface area contributed by atoms with E-state index in [1.807, 2.05) is 39.5 Å². The van der Waals surface area contributed by atoms with Crippen LogP contribution in [-0.4, -0.2) is 29.2 Å². The summed E-state index contributed by atoms with van der Waals surface area (Å²) in [5.74, 6) is 1.11. The van der Waals surface area contributed by atoms with E-state index in [2.05, 4.69) is 39.1 Å². The molecular formula is C17H25N3O. The Labute approximate surface area is 127 Å². The minimum Gasteiger partial charge on any atom is -0.372 e. The molecule has 0 saturated carbocycles. The van der Waals surface area contributed by atoms with E-state index in [0.29, 0.717) is 6.61 Å². The van der Waals surface area contributed by atoms with Crippen LogP contribution in [0.1, 0.15) is 30.8 Å². The molecule has 1 heterocycles. The SMILES string of the molecule is CCOC(c1ccccc1)C(CCc1nccn1C)NC. The highest BCUT2D eigenvalue weighted by molar-refractivity contribution is 5.19. The third kappa shape index (κ3) is 4.16. The second-order valence-electron chi connectivity index (χ2n) is 5.17. The summed E-state index contributed by atoms with van der Waals surface area (Å²) in [6.07, 6.45) is 5.83. The predicted octanol–water partition coefficient (Wildman–Crippen LogP) is 2.72. The average molecular weight is 287 g/mol. The van der Waals surface area contributed by atoms with Crippen molar-refractivity contribution in [1.82, 2.24) is 14.9 Å². The van der Waals surface area contributed by atoms with Crippen LogP contribution in [0.2, 0.25) is 0 Å². The minimum atomic E-state index is 0.0708. The molecule has 0 aliphatic carbocycles. The minimum absolute atomic E-state index is 0.0708. The summed E-state index contributed by atoms with van der Waals surface area (Å²) in [5.41, 5.74) is 1.22. The summed E-state index contributed by atoms with van der Waals surface area (Å²) < 4.78 is 8.07. The molecule has 0 aliphatic heterocycles. The van der Waals surface area contributed by atoms with E-state index in [1.54, 1.807) is 0 Å². The molecule has 1 aromatic heterocycles. The van der Waals surface area contributed by atoms with Gasteiger partial charge in [-0.1, -0.05) is 30.3 Å². The lowest BCUT2D eigenvalue weighted by Crippen LogP contribution is -2.34. The van der Waals surface area contributed by atoms with Crippen LogP contribution in [0.15, 0.2) is 42.7 Å². The van der Waals surface area contributed by atoms with Crippen LogP contribution in [0.3, 0.4) is 0 Å². The fraction of sp³-hybridized carbons (Fsp3) is 0.471. The van der Waals surface area contributed by atoms with E-state index >= 15 is 0 Å². The van der Waals surface area contributed by atoms with Gasteiger partial charge in [-0.15, -0.1) is 0 Å². The zero-order chi connectivity index (χ0) is 15.1. The number of aromatic nitrogens is 2. The van der Waals surface area contributed by atoms with E-state index in [0.717, 1.165) is 18.7 Å². The van der Waals surface area contributed by atoms with Crippen LogP contribution >= 0.6 is 0 Å². The number of ether oxygens (including phenoxy) is 1. The van der Waals surface area contributed by atoms with Crippen molar-refractivity contribution in [3.05, 3.63) is 54.1 Å². The molecule has 1 N–H and O–H groups in total. The van der Waals surface area contributed by atoms with E-state index in [1.165, 1.54) is 5.56 Å². The number of aryl methyl sites for hydroxylation is 2. The maximum Gasteiger partial charge on any atom is 0.108 e. The Balaban J connectivity index is 2.07. The van der Waals surface area contributed by atoms with Crippen molar-refractivity contribution in [2.24, 2.45) is 7.05 Å². The number of nitrogens with one attached hydrogen (secondary N) is 1. The van der Waals surface area contributed by atoms with Gasteiger partial charge in [0.15, 0.2) is 0 Å². The summed E-state index contributed by atoms with van der Waals surface area (Å²) in [6.45, 7) is 2.75. The Hall–Kier alpha value is -1.65. The topological polar surface area (TPSA) is 39.1 Å². The number of hydrogen-bond acceptors (Lipinski definition) is 3. The van der Waals surface area contributed by atoms with Crippen molar-refractivity contribution >= 4 is 0 Å². The van der Waals surface area contributed by atoms with Crippen LogP contribution in [-0.2, 0) is 18.2 Å². The van der Waals surface area contributed by atoms with Crippen LogP contribution in [0.25, 0.3) is 0 Å². The maximum absolute atomic E-state index is 5.99. The van der Waals surface area contributed by atoms with Gasteiger partial charge < -0.3 is 14.6 Å². The fourth-order valence-electron chi connectivity index (χ4n) is 2.64. The second kappa shape index (κ2) is 7.96. The van der Waals surface area contributed by atoms with Gasteiger partial charge >= 0.3 is 0 Å². The number of nitrogens with zero attached hydrogens (tertiary/aromatic N) is 2. The molecule has 2 unspecified atom stereocenters. The van der Waals surface area contributed by atoms with Gasteiger partial charge in [-0.3, -0.25) is 0 Å². The number of hydrogen-bond donors (Lipinski definition) is 1. The molecular weight excluding hydrogens is 262 g/mol. The van der Waals surface area contributed by atoms with Gasteiger partial charge in [-0.2, -0.15) is 0 Å². The molecule has 0 spiro atoms. The number of rotatable bonds is 8. The average Bonchev–Trinajstić information content (AvgIpc) is 2.93. The van der Waals surface area contributed by atoms with Crippen molar-refractivity contribution < 1.29 is 4.74 Å². The van der Waals surface area contributed by atoms with Crippen LogP contribution in [0.4, 0.5) is 0 Å². The third-order valence-electron chi connectivity index (χ3n) is 3.81. The van der Waals surface area contributed by atoms with Gasteiger partial charge in [-0.05, 0) is 26.0 Å². The van der Waals surface area contributed by atoms with Gasteiger partial charge in [0.2, 0.25) is 0 Å². The molecule has 4 heteroatoms. The summed E-state index contributed by atoms with van der Waals surface area (Å²) in [4.78, 5) is 4.39. The smallest absolute Gasteiger partial charge is 0.108 e. The molecule has 2 rings (SSSR count).